The van der Waals surface area contributed by atoms with Crippen LogP contribution < -0.4 is 5.32 Å². The Bertz CT molecular complexity index is 331. The number of hydrogen-bond acceptors (Lipinski definition) is 4. The second-order valence-electron chi connectivity index (χ2n) is 3.26. The first-order valence-electron chi connectivity index (χ1n) is 4.75. The van der Waals surface area contributed by atoms with Crippen LogP contribution in [-0.2, 0) is 9.53 Å². The molecule has 0 aliphatic carbocycles. The van der Waals surface area contributed by atoms with E-state index in [1.54, 1.807) is 19.3 Å². The third-order valence-corrected chi connectivity index (χ3v) is 2.05. The number of hydrogen-bond donors (Lipinski definition) is 1. The van der Waals surface area contributed by atoms with Crippen molar-refractivity contribution in [2.75, 3.05) is 19.7 Å². The van der Waals surface area contributed by atoms with E-state index in [9.17, 15) is 4.79 Å². The maximum absolute atomic E-state index is 11.5. The number of halogens is 1. The first-order chi connectivity index (χ1) is 7.24. The van der Waals surface area contributed by atoms with Crippen molar-refractivity contribution >= 4 is 24.7 Å². The molecule has 1 heterocycles. The summed E-state index contributed by atoms with van der Waals surface area (Å²) < 4.78 is 5.03. The number of nitrogens with zero attached hydrogens (tertiary/aromatic N) is 1. The fraction of sp³-hybridized carbons (Fsp3) is 0.455. The van der Waals surface area contributed by atoms with Crippen molar-refractivity contribution in [1.82, 2.24) is 5.32 Å². The van der Waals surface area contributed by atoms with Crippen molar-refractivity contribution in [1.29, 1.82) is 0 Å². The Kier molecular flexibility index (Phi) is 7.06. The van der Waals surface area contributed by atoms with Crippen LogP contribution in [0.4, 0.5) is 0 Å². The lowest BCUT2D eigenvalue weighted by molar-refractivity contribution is -0.146. The van der Waals surface area contributed by atoms with Gasteiger partial charge < -0.3 is 10.1 Å². The SMILES string of the molecule is C#C/C(C)=C/COC(=O)C1CN=CNC1.Cl. The number of allylic oxidation sites excluding steroid dienone is 1. The third-order valence-electron chi connectivity index (χ3n) is 2.05. The van der Waals surface area contributed by atoms with Crippen molar-refractivity contribution < 1.29 is 9.53 Å². The zero-order valence-corrected chi connectivity index (χ0v) is 9.92. The van der Waals surface area contributed by atoms with E-state index in [1.807, 2.05) is 0 Å². The van der Waals surface area contributed by atoms with Gasteiger partial charge >= 0.3 is 5.97 Å². The summed E-state index contributed by atoms with van der Waals surface area (Å²) >= 11 is 0. The minimum Gasteiger partial charge on any atom is -0.461 e. The van der Waals surface area contributed by atoms with Crippen LogP contribution in [0.2, 0.25) is 0 Å². The van der Waals surface area contributed by atoms with Gasteiger partial charge in [0, 0.05) is 6.54 Å². The molecule has 1 N–H and O–H groups in total. The Morgan fingerprint density at radius 1 is 1.81 bits per heavy atom. The number of carbonyl (C=O) groups excluding carboxylic acids is 1. The molecule has 1 aliphatic rings. The first kappa shape index (κ1) is 14.5. The molecule has 88 valence electrons. The number of terminal acetylenes is 1. The van der Waals surface area contributed by atoms with Gasteiger partial charge in [0.2, 0.25) is 0 Å². The van der Waals surface area contributed by atoms with Gasteiger partial charge in [-0.25, -0.2) is 0 Å². The Morgan fingerprint density at radius 3 is 3.12 bits per heavy atom. The van der Waals surface area contributed by atoms with Crippen molar-refractivity contribution in [2.45, 2.75) is 6.92 Å². The van der Waals surface area contributed by atoms with Crippen LogP contribution in [-0.4, -0.2) is 32.0 Å². The van der Waals surface area contributed by atoms with Crippen molar-refractivity contribution in [3.63, 3.8) is 0 Å². The smallest absolute Gasteiger partial charge is 0.312 e. The molecular weight excluding hydrogens is 228 g/mol. The average Bonchev–Trinajstić information content (AvgIpc) is 2.29. The van der Waals surface area contributed by atoms with Gasteiger partial charge in [0.15, 0.2) is 0 Å². The first-order valence-corrected chi connectivity index (χ1v) is 4.75. The summed E-state index contributed by atoms with van der Waals surface area (Å²) in [5.74, 6) is 2.03. The highest BCUT2D eigenvalue weighted by Gasteiger charge is 2.20. The molecule has 5 heteroatoms. The minimum absolute atomic E-state index is 0. The molecule has 0 aromatic heterocycles. The van der Waals surface area contributed by atoms with E-state index in [2.05, 4.69) is 16.2 Å². The molecule has 4 nitrogen and oxygen atoms in total. The van der Waals surface area contributed by atoms with Crippen LogP contribution in [0, 0.1) is 18.3 Å². The van der Waals surface area contributed by atoms with Crippen LogP contribution in [0.3, 0.4) is 0 Å². The monoisotopic (exact) mass is 242 g/mol. The molecule has 0 amide bonds. The largest absolute Gasteiger partial charge is 0.461 e. The molecule has 0 bridgehead atoms. The molecule has 0 aromatic carbocycles. The quantitative estimate of drug-likeness (QED) is 0.588. The molecule has 1 atom stereocenters. The van der Waals surface area contributed by atoms with E-state index in [4.69, 9.17) is 11.2 Å². The summed E-state index contributed by atoms with van der Waals surface area (Å²) in [7, 11) is 0. The lowest BCUT2D eigenvalue weighted by Gasteiger charge is -2.16. The van der Waals surface area contributed by atoms with Gasteiger partial charge in [-0.3, -0.25) is 9.79 Å². The van der Waals surface area contributed by atoms with Crippen LogP contribution >= 0.6 is 12.4 Å². The second kappa shape index (κ2) is 7.77. The predicted molar refractivity (Wildman–Crippen MR) is 65.6 cm³/mol. The van der Waals surface area contributed by atoms with Gasteiger partial charge in [0.05, 0.1) is 18.8 Å². The molecule has 0 spiro atoms. The van der Waals surface area contributed by atoms with E-state index in [0.717, 1.165) is 5.57 Å². The molecule has 0 aromatic rings. The maximum atomic E-state index is 11.5. The van der Waals surface area contributed by atoms with Gasteiger partial charge in [-0.1, -0.05) is 5.92 Å². The number of aliphatic imine (C=N–C) groups is 1. The highest BCUT2D eigenvalue weighted by molar-refractivity contribution is 5.85. The summed E-state index contributed by atoms with van der Waals surface area (Å²) in [6, 6.07) is 0. The molecule has 0 saturated carbocycles. The molecule has 1 aliphatic heterocycles. The van der Waals surface area contributed by atoms with Crippen molar-refractivity contribution in [3.8, 4) is 12.3 Å². The number of rotatable bonds is 3. The van der Waals surface area contributed by atoms with Crippen molar-refractivity contribution in [2.24, 2.45) is 10.9 Å². The Labute approximate surface area is 102 Å². The Balaban J connectivity index is 0.00000225. The highest BCUT2D eigenvalue weighted by atomic mass is 35.5. The van der Waals surface area contributed by atoms with Gasteiger partial charge in [0.1, 0.15) is 6.61 Å². The summed E-state index contributed by atoms with van der Waals surface area (Å²) in [5.41, 5.74) is 0.766. The van der Waals surface area contributed by atoms with Gasteiger partial charge in [-0.2, -0.15) is 0 Å². The van der Waals surface area contributed by atoms with Gasteiger partial charge in [-0.05, 0) is 18.6 Å². The van der Waals surface area contributed by atoms with Gasteiger partial charge in [-0.15, -0.1) is 18.8 Å². The molecule has 0 saturated heterocycles. The molecule has 1 unspecified atom stereocenters. The number of carbonyl (C=O) groups is 1. The normalized spacial score (nSPS) is 19.0. The fourth-order valence-corrected chi connectivity index (χ4v) is 1.09. The third kappa shape index (κ3) is 4.85. The van der Waals surface area contributed by atoms with E-state index < -0.39 is 0 Å². The standard InChI is InChI=1S/C11H14N2O2.ClH/c1-3-9(2)4-5-15-11(14)10-6-12-8-13-7-10;/h1,4,8,10H,5-7H2,2H3,(H,12,13);1H/b9-4+;. The van der Waals surface area contributed by atoms with Gasteiger partial charge in [0.25, 0.3) is 0 Å². The van der Waals surface area contributed by atoms with Crippen LogP contribution in [0.15, 0.2) is 16.6 Å². The number of ether oxygens (including phenoxy) is 1. The molecule has 0 radical (unpaired) electrons. The van der Waals surface area contributed by atoms with E-state index in [0.29, 0.717) is 13.1 Å². The van der Waals surface area contributed by atoms with Crippen molar-refractivity contribution in [3.05, 3.63) is 11.6 Å². The van der Waals surface area contributed by atoms with Crippen LogP contribution in [0.25, 0.3) is 0 Å². The number of esters is 1. The second-order valence-corrected chi connectivity index (χ2v) is 3.26. The predicted octanol–water partition coefficient (Wildman–Crippen LogP) is 0.779. The van der Waals surface area contributed by atoms with E-state index >= 15 is 0 Å². The maximum Gasteiger partial charge on any atom is 0.312 e. The summed E-state index contributed by atoms with van der Waals surface area (Å²) in [6.45, 7) is 3.10. The molecular formula is C11H15ClN2O2. The Hall–Kier alpha value is -1.47. The zero-order chi connectivity index (χ0) is 11.1. The minimum atomic E-state index is -0.236. The van der Waals surface area contributed by atoms with Crippen LogP contribution in [0.5, 0.6) is 0 Å². The van der Waals surface area contributed by atoms with E-state index in [-0.39, 0.29) is 30.9 Å². The Morgan fingerprint density at radius 2 is 2.56 bits per heavy atom. The summed E-state index contributed by atoms with van der Waals surface area (Å²) in [6.07, 6.45) is 8.45. The molecule has 1 rings (SSSR count). The lowest BCUT2D eigenvalue weighted by atomic mass is 10.1. The number of nitrogens with one attached hydrogen (secondary N) is 1. The molecule has 16 heavy (non-hydrogen) atoms. The topological polar surface area (TPSA) is 50.7 Å². The van der Waals surface area contributed by atoms with E-state index in [1.165, 1.54) is 0 Å². The van der Waals surface area contributed by atoms with Crippen LogP contribution in [0.1, 0.15) is 6.92 Å². The summed E-state index contributed by atoms with van der Waals surface area (Å²) in [5, 5.41) is 2.89. The fourth-order valence-electron chi connectivity index (χ4n) is 1.09. The molecule has 0 fully saturated rings. The summed E-state index contributed by atoms with van der Waals surface area (Å²) in [4.78, 5) is 15.4. The lowest BCUT2D eigenvalue weighted by Crippen LogP contribution is -2.35. The zero-order valence-electron chi connectivity index (χ0n) is 9.10. The average molecular weight is 243 g/mol. The highest BCUT2D eigenvalue weighted by Crippen LogP contribution is 2.02.